The third-order valence-electron chi connectivity index (χ3n) is 4.40. The van der Waals surface area contributed by atoms with Crippen LogP contribution in [-0.2, 0) is 6.54 Å². The number of nitro groups is 1. The van der Waals surface area contributed by atoms with Gasteiger partial charge in [-0.1, -0.05) is 30.3 Å². The number of nitrogens with one attached hydrogen (secondary N) is 1. The molecule has 0 aliphatic heterocycles. The van der Waals surface area contributed by atoms with Crippen LogP contribution in [0.3, 0.4) is 0 Å². The summed E-state index contributed by atoms with van der Waals surface area (Å²) in [4.78, 5) is 29.2. The first-order valence-corrected chi connectivity index (χ1v) is 9.18. The number of carbonyl (C=O) groups is 1. The van der Waals surface area contributed by atoms with Crippen molar-refractivity contribution in [1.82, 2.24) is 25.0 Å². The second-order valence-corrected chi connectivity index (χ2v) is 6.63. The molecule has 3 aromatic rings. The van der Waals surface area contributed by atoms with E-state index in [1.54, 1.807) is 6.07 Å². The van der Waals surface area contributed by atoms with E-state index < -0.39 is 4.92 Å². The molecule has 29 heavy (non-hydrogen) atoms. The minimum absolute atomic E-state index is 0.203. The summed E-state index contributed by atoms with van der Waals surface area (Å²) >= 11 is 0. The van der Waals surface area contributed by atoms with Crippen LogP contribution in [0.1, 0.15) is 22.3 Å². The lowest BCUT2D eigenvalue weighted by atomic mass is 10.1. The third-order valence-corrected chi connectivity index (χ3v) is 4.40. The van der Waals surface area contributed by atoms with Crippen LogP contribution >= 0.6 is 0 Å². The van der Waals surface area contributed by atoms with Gasteiger partial charge in [-0.25, -0.2) is 9.67 Å². The molecular weight excluding hydrogens is 372 g/mol. The SMILES string of the molecule is CN(CCCNC(=O)c1ccc(-n2cncn2)c([N+](=O)[O-])c1)Cc1ccccc1. The molecule has 0 saturated carbocycles. The fourth-order valence-electron chi connectivity index (χ4n) is 2.96. The molecule has 0 spiro atoms. The largest absolute Gasteiger partial charge is 0.352 e. The Kier molecular flexibility index (Phi) is 6.64. The van der Waals surface area contributed by atoms with Gasteiger partial charge in [0.25, 0.3) is 11.6 Å². The number of hydrogen-bond donors (Lipinski definition) is 1. The van der Waals surface area contributed by atoms with Crippen molar-refractivity contribution >= 4 is 11.6 Å². The Balaban J connectivity index is 1.53. The first kappa shape index (κ1) is 20.2. The Morgan fingerprint density at radius 1 is 1.24 bits per heavy atom. The summed E-state index contributed by atoms with van der Waals surface area (Å²) in [7, 11) is 2.03. The van der Waals surface area contributed by atoms with Crippen LogP contribution in [0.2, 0.25) is 0 Å². The molecule has 9 heteroatoms. The van der Waals surface area contributed by atoms with Gasteiger partial charge in [-0.15, -0.1) is 0 Å². The van der Waals surface area contributed by atoms with Crippen molar-refractivity contribution in [3.8, 4) is 5.69 Å². The van der Waals surface area contributed by atoms with Crippen LogP contribution in [-0.4, -0.2) is 50.6 Å². The Hall–Kier alpha value is -3.59. The van der Waals surface area contributed by atoms with Crippen molar-refractivity contribution in [2.75, 3.05) is 20.1 Å². The number of hydrogen-bond acceptors (Lipinski definition) is 6. The maximum Gasteiger partial charge on any atom is 0.295 e. The lowest BCUT2D eigenvalue weighted by Crippen LogP contribution is -2.28. The zero-order valence-electron chi connectivity index (χ0n) is 16.1. The van der Waals surface area contributed by atoms with E-state index >= 15 is 0 Å². The van der Waals surface area contributed by atoms with Gasteiger partial charge in [-0.05, 0) is 37.7 Å². The summed E-state index contributed by atoms with van der Waals surface area (Å²) in [5.74, 6) is -0.344. The summed E-state index contributed by atoms with van der Waals surface area (Å²) < 4.78 is 1.29. The molecular formula is C20H22N6O3. The van der Waals surface area contributed by atoms with Crippen LogP contribution in [0.25, 0.3) is 5.69 Å². The molecule has 1 aromatic heterocycles. The molecule has 150 valence electrons. The molecule has 3 rings (SSSR count). The Labute approximate surface area is 168 Å². The summed E-state index contributed by atoms with van der Waals surface area (Å²) in [5, 5.41) is 18.1. The number of nitro benzene ring substituents is 1. The fourth-order valence-corrected chi connectivity index (χ4v) is 2.96. The average molecular weight is 394 g/mol. The zero-order chi connectivity index (χ0) is 20.6. The fraction of sp³-hybridized carbons (Fsp3) is 0.250. The highest BCUT2D eigenvalue weighted by Crippen LogP contribution is 2.23. The topological polar surface area (TPSA) is 106 Å². The lowest BCUT2D eigenvalue weighted by Gasteiger charge is -2.16. The number of aromatic nitrogens is 3. The van der Waals surface area contributed by atoms with Gasteiger partial charge in [0, 0.05) is 24.7 Å². The molecule has 1 N–H and O–H groups in total. The second kappa shape index (κ2) is 9.56. The van der Waals surface area contributed by atoms with Gasteiger partial charge < -0.3 is 10.2 Å². The van der Waals surface area contributed by atoms with Gasteiger partial charge in [0.2, 0.25) is 0 Å². The normalized spacial score (nSPS) is 10.8. The summed E-state index contributed by atoms with van der Waals surface area (Å²) in [6.07, 6.45) is 3.43. The van der Waals surface area contributed by atoms with Gasteiger partial charge >= 0.3 is 0 Å². The Morgan fingerprint density at radius 2 is 2.03 bits per heavy atom. The van der Waals surface area contributed by atoms with Crippen molar-refractivity contribution in [2.24, 2.45) is 0 Å². The number of amides is 1. The maximum absolute atomic E-state index is 12.4. The van der Waals surface area contributed by atoms with Crippen LogP contribution in [0.15, 0.2) is 61.2 Å². The van der Waals surface area contributed by atoms with E-state index in [1.807, 2.05) is 25.2 Å². The van der Waals surface area contributed by atoms with E-state index in [9.17, 15) is 14.9 Å². The highest BCUT2D eigenvalue weighted by Gasteiger charge is 2.19. The molecule has 0 unspecified atom stereocenters. The molecule has 1 amide bonds. The van der Waals surface area contributed by atoms with Gasteiger partial charge in [-0.3, -0.25) is 14.9 Å². The van der Waals surface area contributed by atoms with Crippen LogP contribution < -0.4 is 5.32 Å². The molecule has 0 atom stereocenters. The van der Waals surface area contributed by atoms with E-state index in [0.29, 0.717) is 6.54 Å². The predicted octanol–water partition coefficient (Wildman–Crippen LogP) is 2.43. The molecule has 0 fully saturated rings. The van der Waals surface area contributed by atoms with Crippen molar-refractivity contribution < 1.29 is 9.72 Å². The average Bonchev–Trinajstić information content (AvgIpc) is 3.26. The quantitative estimate of drug-likeness (QED) is 0.339. The summed E-state index contributed by atoms with van der Waals surface area (Å²) in [6.45, 7) is 2.14. The van der Waals surface area contributed by atoms with Crippen LogP contribution in [0, 0.1) is 10.1 Å². The monoisotopic (exact) mass is 394 g/mol. The molecule has 2 aromatic carbocycles. The highest BCUT2D eigenvalue weighted by molar-refractivity contribution is 5.95. The number of benzene rings is 2. The Morgan fingerprint density at radius 3 is 2.72 bits per heavy atom. The molecule has 0 aliphatic carbocycles. The number of nitrogens with zero attached hydrogens (tertiary/aromatic N) is 5. The van der Waals surface area contributed by atoms with E-state index in [1.165, 1.54) is 35.0 Å². The van der Waals surface area contributed by atoms with Gasteiger partial charge in [0.15, 0.2) is 0 Å². The molecule has 0 aliphatic rings. The van der Waals surface area contributed by atoms with Crippen LogP contribution in [0.4, 0.5) is 5.69 Å². The molecule has 0 radical (unpaired) electrons. The van der Waals surface area contributed by atoms with Crippen molar-refractivity contribution in [2.45, 2.75) is 13.0 Å². The van der Waals surface area contributed by atoms with E-state index in [0.717, 1.165) is 19.5 Å². The van der Waals surface area contributed by atoms with E-state index in [4.69, 9.17) is 0 Å². The molecule has 1 heterocycles. The second-order valence-electron chi connectivity index (χ2n) is 6.63. The number of carbonyl (C=O) groups excluding carboxylic acids is 1. The van der Waals surface area contributed by atoms with Gasteiger partial charge in [-0.2, -0.15) is 5.10 Å². The molecule has 0 saturated heterocycles. The first-order chi connectivity index (χ1) is 14.0. The summed E-state index contributed by atoms with van der Waals surface area (Å²) in [6, 6.07) is 14.5. The molecule has 9 nitrogen and oxygen atoms in total. The maximum atomic E-state index is 12.4. The third kappa shape index (κ3) is 5.45. The van der Waals surface area contributed by atoms with Gasteiger partial charge in [0.05, 0.1) is 4.92 Å². The van der Waals surface area contributed by atoms with E-state index in [2.05, 4.69) is 32.4 Å². The lowest BCUT2D eigenvalue weighted by molar-refractivity contribution is -0.384. The Bertz CT molecular complexity index is 960. The van der Waals surface area contributed by atoms with Crippen molar-refractivity contribution in [3.63, 3.8) is 0 Å². The first-order valence-electron chi connectivity index (χ1n) is 9.18. The van der Waals surface area contributed by atoms with Gasteiger partial charge in [0.1, 0.15) is 18.3 Å². The summed E-state index contributed by atoms with van der Waals surface area (Å²) in [5.41, 5.74) is 1.52. The number of rotatable bonds is 9. The highest BCUT2D eigenvalue weighted by atomic mass is 16.6. The standard InChI is InChI=1S/C20H22N6O3/c1-24(13-16-6-3-2-4-7-16)11-5-10-22-20(27)17-8-9-18(19(12-17)26(28)29)25-15-21-14-23-25/h2-4,6-9,12,14-15H,5,10-11,13H2,1H3,(H,22,27). The van der Waals surface area contributed by atoms with Crippen LogP contribution in [0.5, 0.6) is 0 Å². The minimum Gasteiger partial charge on any atom is -0.352 e. The predicted molar refractivity (Wildman–Crippen MR) is 108 cm³/mol. The van der Waals surface area contributed by atoms with E-state index in [-0.39, 0.29) is 22.8 Å². The smallest absolute Gasteiger partial charge is 0.295 e. The zero-order valence-corrected chi connectivity index (χ0v) is 16.1. The minimum atomic E-state index is -0.535. The molecule has 0 bridgehead atoms. The van der Waals surface area contributed by atoms with Crippen molar-refractivity contribution in [1.29, 1.82) is 0 Å². The van der Waals surface area contributed by atoms with Crippen molar-refractivity contribution in [3.05, 3.63) is 82.4 Å².